The quantitative estimate of drug-likeness (QED) is 0.784. The number of aliphatic hydroxyl groups is 1. The fourth-order valence-corrected chi connectivity index (χ4v) is 3.55. The van der Waals surface area contributed by atoms with Crippen molar-refractivity contribution in [2.45, 2.75) is 24.4 Å². The Balaban J connectivity index is 1.60. The predicted molar refractivity (Wildman–Crippen MR) is 89.0 cm³/mol. The van der Waals surface area contributed by atoms with Crippen molar-refractivity contribution in [2.24, 2.45) is 0 Å². The van der Waals surface area contributed by atoms with E-state index in [1.807, 2.05) is 30.3 Å². The first-order chi connectivity index (χ1) is 11.1. The van der Waals surface area contributed by atoms with Crippen molar-refractivity contribution in [3.8, 4) is 5.06 Å². The summed E-state index contributed by atoms with van der Waals surface area (Å²) in [5, 5.41) is 16.4. The van der Waals surface area contributed by atoms with E-state index >= 15 is 0 Å². The van der Waals surface area contributed by atoms with Crippen LogP contribution in [-0.4, -0.2) is 35.9 Å². The molecule has 23 heavy (non-hydrogen) atoms. The zero-order valence-corrected chi connectivity index (χ0v) is 13.6. The first-order valence-electron chi connectivity index (χ1n) is 7.39. The van der Waals surface area contributed by atoms with E-state index in [-0.39, 0.29) is 17.6 Å². The third-order valence-electron chi connectivity index (χ3n) is 4.13. The zero-order chi connectivity index (χ0) is 16.3. The third-order valence-corrected chi connectivity index (χ3v) is 5.01. The lowest BCUT2D eigenvalue weighted by Crippen LogP contribution is -2.52. The Labute approximate surface area is 138 Å². The Morgan fingerprint density at radius 2 is 2.17 bits per heavy atom. The van der Waals surface area contributed by atoms with Gasteiger partial charge in [-0.2, -0.15) is 0 Å². The van der Waals surface area contributed by atoms with E-state index in [1.165, 1.54) is 11.3 Å². The maximum atomic E-state index is 12.1. The topological polar surface area (TPSA) is 83.5 Å². The van der Waals surface area contributed by atoms with Gasteiger partial charge in [-0.05, 0) is 18.4 Å². The summed E-state index contributed by atoms with van der Waals surface area (Å²) < 4.78 is 5.04. The van der Waals surface area contributed by atoms with E-state index in [1.54, 1.807) is 13.3 Å². The number of nitrogens with zero attached hydrogens (tertiary/aromatic N) is 1. The van der Waals surface area contributed by atoms with Gasteiger partial charge in [-0.1, -0.05) is 41.7 Å². The number of hydrogen-bond acceptors (Lipinski definition) is 5. The maximum Gasteiger partial charge on any atom is 0.321 e. The van der Waals surface area contributed by atoms with Gasteiger partial charge in [0.05, 0.1) is 19.4 Å². The third kappa shape index (κ3) is 3.46. The van der Waals surface area contributed by atoms with Crippen LogP contribution in [-0.2, 0) is 5.41 Å². The van der Waals surface area contributed by atoms with Crippen LogP contribution in [0.3, 0.4) is 0 Å². The van der Waals surface area contributed by atoms with Gasteiger partial charge in [0.15, 0.2) is 10.2 Å². The van der Waals surface area contributed by atoms with Gasteiger partial charge in [0.25, 0.3) is 0 Å². The van der Waals surface area contributed by atoms with Gasteiger partial charge >= 0.3 is 6.03 Å². The standard InChI is InChI=1S/C16H19N3O3S/c1-22-13-9-17-15(23-13)19-14(21)18-10-16(7-12(20)8-16)11-5-3-2-4-6-11/h2-6,9,12,20H,7-8,10H2,1H3,(H2,17,18,19,21). The number of aromatic nitrogens is 1. The second-order valence-electron chi connectivity index (χ2n) is 5.70. The second kappa shape index (κ2) is 6.55. The predicted octanol–water partition coefficient (Wildman–Crippen LogP) is 2.37. The van der Waals surface area contributed by atoms with Crippen LogP contribution in [0.2, 0.25) is 0 Å². The molecule has 2 amide bonds. The molecule has 3 N–H and O–H groups in total. The Bertz CT molecular complexity index is 668. The van der Waals surface area contributed by atoms with Crippen molar-refractivity contribution < 1.29 is 14.6 Å². The highest BCUT2D eigenvalue weighted by atomic mass is 32.1. The van der Waals surface area contributed by atoms with Gasteiger partial charge in [0.2, 0.25) is 0 Å². The van der Waals surface area contributed by atoms with E-state index in [0.29, 0.717) is 29.6 Å². The van der Waals surface area contributed by atoms with Crippen LogP contribution >= 0.6 is 11.3 Å². The number of amides is 2. The van der Waals surface area contributed by atoms with Gasteiger partial charge in [0.1, 0.15) is 0 Å². The average molecular weight is 333 g/mol. The Morgan fingerprint density at radius 3 is 2.78 bits per heavy atom. The summed E-state index contributed by atoms with van der Waals surface area (Å²) in [5.74, 6) is 0. The van der Waals surface area contributed by atoms with Crippen LogP contribution in [0, 0.1) is 0 Å². The summed E-state index contributed by atoms with van der Waals surface area (Å²) >= 11 is 1.27. The monoisotopic (exact) mass is 333 g/mol. The number of urea groups is 1. The van der Waals surface area contributed by atoms with Crippen LogP contribution in [0.1, 0.15) is 18.4 Å². The van der Waals surface area contributed by atoms with E-state index in [2.05, 4.69) is 15.6 Å². The molecule has 0 unspecified atom stereocenters. The summed E-state index contributed by atoms with van der Waals surface area (Å²) in [6, 6.07) is 9.68. The molecule has 0 bridgehead atoms. The lowest BCUT2D eigenvalue weighted by molar-refractivity contribution is 0.0193. The fourth-order valence-electron chi connectivity index (χ4n) is 2.92. The largest absolute Gasteiger partial charge is 0.486 e. The first-order valence-corrected chi connectivity index (χ1v) is 8.21. The van der Waals surface area contributed by atoms with E-state index in [0.717, 1.165) is 5.56 Å². The summed E-state index contributed by atoms with van der Waals surface area (Å²) in [6.45, 7) is 0.475. The van der Waals surface area contributed by atoms with Crippen molar-refractivity contribution in [3.63, 3.8) is 0 Å². The van der Waals surface area contributed by atoms with Crippen molar-refractivity contribution in [2.75, 3.05) is 19.0 Å². The maximum absolute atomic E-state index is 12.1. The van der Waals surface area contributed by atoms with Crippen molar-refractivity contribution >= 4 is 22.5 Å². The summed E-state index contributed by atoms with van der Waals surface area (Å²) in [6.07, 6.45) is 2.57. The SMILES string of the molecule is COc1cnc(NC(=O)NCC2(c3ccccc3)CC(O)C2)s1. The van der Waals surface area contributed by atoms with Crippen LogP contribution < -0.4 is 15.4 Å². The number of rotatable bonds is 5. The highest BCUT2D eigenvalue weighted by molar-refractivity contribution is 7.17. The molecule has 1 aliphatic carbocycles. The minimum absolute atomic E-state index is 0.196. The second-order valence-corrected chi connectivity index (χ2v) is 6.70. The molecule has 1 aromatic heterocycles. The first kappa shape index (κ1) is 15.8. The van der Waals surface area contributed by atoms with Gasteiger partial charge in [0, 0.05) is 12.0 Å². The van der Waals surface area contributed by atoms with Crippen LogP contribution in [0.25, 0.3) is 0 Å². The van der Waals surface area contributed by atoms with Gasteiger partial charge in [-0.3, -0.25) is 5.32 Å². The molecule has 3 rings (SSSR count). The Morgan fingerprint density at radius 1 is 1.43 bits per heavy atom. The van der Waals surface area contributed by atoms with E-state index in [9.17, 15) is 9.90 Å². The molecule has 1 saturated carbocycles. The minimum atomic E-state index is -0.307. The molecule has 0 saturated heterocycles. The van der Waals surface area contributed by atoms with E-state index < -0.39 is 0 Å². The molecular weight excluding hydrogens is 314 g/mol. The fraction of sp³-hybridized carbons (Fsp3) is 0.375. The molecule has 0 aliphatic heterocycles. The van der Waals surface area contributed by atoms with Gasteiger partial charge in [-0.15, -0.1) is 0 Å². The zero-order valence-electron chi connectivity index (χ0n) is 12.8. The van der Waals surface area contributed by atoms with Crippen molar-refractivity contribution in [3.05, 3.63) is 42.1 Å². The Hall–Kier alpha value is -2.12. The molecule has 122 valence electrons. The van der Waals surface area contributed by atoms with Crippen molar-refractivity contribution in [1.82, 2.24) is 10.3 Å². The van der Waals surface area contributed by atoms with Crippen LogP contribution in [0.4, 0.5) is 9.93 Å². The number of thiazole rings is 1. The number of methoxy groups -OCH3 is 1. The van der Waals surface area contributed by atoms with Gasteiger partial charge in [-0.25, -0.2) is 9.78 Å². The molecule has 0 radical (unpaired) electrons. The lowest BCUT2D eigenvalue weighted by Gasteiger charge is -2.46. The molecule has 1 heterocycles. The summed E-state index contributed by atoms with van der Waals surface area (Å²) in [4.78, 5) is 16.1. The number of carbonyl (C=O) groups is 1. The molecule has 0 spiro atoms. The minimum Gasteiger partial charge on any atom is -0.486 e. The van der Waals surface area contributed by atoms with E-state index in [4.69, 9.17) is 4.74 Å². The number of anilines is 1. The number of hydrogen-bond donors (Lipinski definition) is 3. The molecule has 6 nitrogen and oxygen atoms in total. The Kier molecular flexibility index (Phi) is 4.49. The number of nitrogens with one attached hydrogen (secondary N) is 2. The number of benzene rings is 1. The molecule has 0 atom stereocenters. The highest BCUT2D eigenvalue weighted by Gasteiger charge is 2.44. The summed E-state index contributed by atoms with van der Waals surface area (Å²) in [5.41, 5.74) is 0.944. The van der Waals surface area contributed by atoms with Crippen LogP contribution in [0.5, 0.6) is 5.06 Å². The van der Waals surface area contributed by atoms with Gasteiger partial charge < -0.3 is 15.2 Å². The number of carbonyl (C=O) groups excluding carboxylic acids is 1. The molecule has 1 aliphatic rings. The smallest absolute Gasteiger partial charge is 0.321 e. The molecular formula is C16H19N3O3S. The summed E-state index contributed by atoms with van der Waals surface area (Å²) in [7, 11) is 1.56. The molecule has 1 fully saturated rings. The van der Waals surface area contributed by atoms with Crippen molar-refractivity contribution in [1.29, 1.82) is 0 Å². The normalized spacial score (nSPS) is 23.0. The molecule has 2 aromatic rings. The highest BCUT2D eigenvalue weighted by Crippen LogP contribution is 2.43. The lowest BCUT2D eigenvalue weighted by atomic mass is 9.62. The number of ether oxygens (including phenoxy) is 1. The van der Waals surface area contributed by atoms with Crippen LogP contribution in [0.15, 0.2) is 36.5 Å². The molecule has 7 heteroatoms. The number of aliphatic hydroxyl groups excluding tert-OH is 1. The average Bonchev–Trinajstić information content (AvgIpc) is 2.99. The molecule has 1 aromatic carbocycles.